The number of rotatable bonds is 0. The lowest BCUT2D eigenvalue weighted by atomic mass is 10.5. The van der Waals surface area contributed by atoms with Crippen LogP contribution in [0.3, 0.4) is 0 Å². The first-order chi connectivity index (χ1) is 6.02. The van der Waals surface area contributed by atoms with E-state index in [1.165, 1.54) is 6.92 Å². The van der Waals surface area contributed by atoms with Gasteiger partial charge in [-0.25, -0.2) is 9.59 Å². The number of nitrogens with two attached hydrogens (primary N) is 1. The van der Waals surface area contributed by atoms with Crippen LogP contribution in [-0.2, 0) is 23.9 Å². The van der Waals surface area contributed by atoms with Crippen molar-refractivity contribution in [1.82, 2.24) is 0 Å². The maximum absolute atomic E-state index is 10.3. The Labute approximate surface area is 74.3 Å². The van der Waals surface area contributed by atoms with Crippen LogP contribution in [0.25, 0.3) is 0 Å². The summed E-state index contributed by atoms with van der Waals surface area (Å²) < 4.78 is 8.61. The van der Waals surface area contributed by atoms with Gasteiger partial charge in [-0.3, -0.25) is 4.79 Å². The number of ether oxygens (including phenoxy) is 2. The van der Waals surface area contributed by atoms with Gasteiger partial charge in [0, 0.05) is 19.1 Å². The number of carbonyl (C=O) groups is 3. The molecule has 2 N–H and O–H groups in total. The molecule has 0 spiro atoms. The Morgan fingerprint density at radius 1 is 1.31 bits per heavy atom. The van der Waals surface area contributed by atoms with Gasteiger partial charge in [0.15, 0.2) is 0 Å². The number of hydrogen-bond acceptors (Lipinski definition) is 5. The smallest absolute Gasteiger partial charge is 0.333 e. The minimum Gasteiger partial charge on any atom is -0.425 e. The summed E-state index contributed by atoms with van der Waals surface area (Å²) in [5.41, 5.74) is 4.47. The zero-order valence-corrected chi connectivity index (χ0v) is 6.98. The summed E-state index contributed by atoms with van der Waals surface area (Å²) in [6.07, 6.45) is 2.05. The Morgan fingerprint density at radius 3 is 1.92 bits per heavy atom. The van der Waals surface area contributed by atoms with Crippen LogP contribution >= 0.6 is 0 Å². The van der Waals surface area contributed by atoms with Crippen LogP contribution in [0.2, 0.25) is 0 Å². The lowest BCUT2D eigenvalue weighted by molar-refractivity contribution is -0.158. The summed E-state index contributed by atoms with van der Waals surface area (Å²) in [5, 5.41) is 0. The number of esters is 2. The van der Waals surface area contributed by atoms with Gasteiger partial charge in [0.05, 0.1) is 0 Å². The van der Waals surface area contributed by atoms with E-state index >= 15 is 0 Å². The van der Waals surface area contributed by atoms with E-state index in [0.29, 0.717) is 0 Å². The highest BCUT2D eigenvalue weighted by Gasteiger charge is 2.05. The highest BCUT2D eigenvalue weighted by atomic mass is 16.7. The van der Waals surface area contributed by atoms with E-state index in [4.69, 9.17) is 0 Å². The lowest BCUT2D eigenvalue weighted by Crippen LogP contribution is -2.03. The molecule has 0 radical (unpaired) electrons. The molecule has 1 aliphatic rings. The topological polar surface area (TPSA) is 95.7 Å². The molecule has 13 heavy (non-hydrogen) atoms. The fourth-order valence-corrected chi connectivity index (χ4v) is 0.378. The van der Waals surface area contributed by atoms with Gasteiger partial charge < -0.3 is 15.2 Å². The number of cyclic esters (lactones) is 2. The fraction of sp³-hybridized carbons (Fsp3) is 0.286. The van der Waals surface area contributed by atoms with Gasteiger partial charge in [-0.05, 0) is 0 Å². The Balaban J connectivity index is 0.000000310. The summed E-state index contributed by atoms with van der Waals surface area (Å²) in [6, 6.07) is 0. The van der Waals surface area contributed by atoms with Gasteiger partial charge in [0.25, 0.3) is 0 Å². The first-order valence-corrected chi connectivity index (χ1v) is 3.30. The van der Waals surface area contributed by atoms with Crippen molar-refractivity contribution in [1.29, 1.82) is 0 Å². The largest absolute Gasteiger partial charge is 0.425 e. The van der Waals surface area contributed by atoms with Crippen molar-refractivity contribution in [3.8, 4) is 0 Å². The number of carbonyl (C=O) groups excluding carboxylic acids is 3. The maximum atomic E-state index is 10.3. The lowest BCUT2D eigenvalue weighted by Gasteiger charge is -1.95. The normalized spacial score (nSPS) is 14.5. The van der Waals surface area contributed by atoms with E-state index in [2.05, 4.69) is 15.2 Å². The van der Waals surface area contributed by atoms with Crippen molar-refractivity contribution in [2.75, 3.05) is 6.79 Å². The SMILES string of the molecule is CC(N)=O.O=C1C=CC(=O)OCO1. The molecule has 0 bridgehead atoms. The summed E-state index contributed by atoms with van der Waals surface area (Å²) in [7, 11) is 0. The second-order valence-corrected chi connectivity index (χ2v) is 1.99. The third kappa shape index (κ3) is 8.05. The molecule has 0 aromatic rings. The molecule has 0 aromatic heterocycles. The van der Waals surface area contributed by atoms with Crippen LogP contribution in [0.15, 0.2) is 12.2 Å². The molecule has 72 valence electrons. The Kier molecular flexibility index (Phi) is 4.94. The van der Waals surface area contributed by atoms with Crippen LogP contribution in [0.4, 0.5) is 0 Å². The van der Waals surface area contributed by atoms with E-state index in [1.807, 2.05) is 0 Å². The molecular formula is C7H9NO5. The van der Waals surface area contributed by atoms with Crippen molar-refractivity contribution in [3.63, 3.8) is 0 Å². The zero-order chi connectivity index (χ0) is 10.3. The van der Waals surface area contributed by atoms with Crippen molar-refractivity contribution in [2.24, 2.45) is 5.73 Å². The van der Waals surface area contributed by atoms with Gasteiger partial charge in [-0.2, -0.15) is 0 Å². The van der Waals surface area contributed by atoms with Crippen LogP contribution in [-0.4, -0.2) is 24.6 Å². The first-order valence-electron chi connectivity index (χ1n) is 3.30. The Bertz CT molecular complexity index is 223. The van der Waals surface area contributed by atoms with Crippen molar-refractivity contribution >= 4 is 17.8 Å². The molecule has 0 fully saturated rings. The highest BCUT2D eigenvalue weighted by Crippen LogP contribution is 1.91. The van der Waals surface area contributed by atoms with Crippen LogP contribution in [0, 0.1) is 0 Å². The average Bonchev–Trinajstić information content (AvgIpc) is 2.15. The van der Waals surface area contributed by atoms with Crippen LogP contribution in [0.5, 0.6) is 0 Å². The number of amides is 1. The van der Waals surface area contributed by atoms with Crippen LogP contribution < -0.4 is 5.73 Å². The maximum Gasteiger partial charge on any atom is 0.333 e. The third-order valence-electron chi connectivity index (χ3n) is 0.758. The number of hydrogen-bond donors (Lipinski definition) is 1. The summed E-state index contributed by atoms with van der Waals surface area (Å²) in [6.45, 7) is 1.02. The highest BCUT2D eigenvalue weighted by molar-refractivity contribution is 5.92. The molecule has 1 amide bonds. The van der Waals surface area contributed by atoms with E-state index in [-0.39, 0.29) is 12.7 Å². The Hall–Kier alpha value is -1.85. The summed E-state index contributed by atoms with van der Waals surface area (Å²) in [4.78, 5) is 29.8. The monoisotopic (exact) mass is 187 g/mol. The average molecular weight is 187 g/mol. The van der Waals surface area contributed by atoms with E-state index in [0.717, 1.165) is 12.2 Å². The molecule has 0 aliphatic carbocycles. The summed E-state index contributed by atoms with van der Waals surface area (Å²) in [5.74, 6) is -1.44. The van der Waals surface area contributed by atoms with Gasteiger partial charge in [0.1, 0.15) is 0 Å². The second-order valence-electron chi connectivity index (χ2n) is 1.99. The van der Waals surface area contributed by atoms with E-state index < -0.39 is 11.9 Å². The minimum absolute atomic E-state index is 0.287. The van der Waals surface area contributed by atoms with Crippen molar-refractivity contribution in [3.05, 3.63) is 12.2 Å². The van der Waals surface area contributed by atoms with Gasteiger partial charge in [0.2, 0.25) is 12.7 Å². The van der Waals surface area contributed by atoms with Gasteiger partial charge >= 0.3 is 11.9 Å². The van der Waals surface area contributed by atoms with Crippen LogP contribution in [0.1, 0.15) is 6.92 Å². The van der Waals surface area contributed by atoms with Gasteiger partial charge in [-0.1, -0.05) is 0 Å². The quantitative estimate of drug-likeness (QED) is 0.495. The predicted octanol–water partition coefficient (Wildman–Crippen LogP) is -0.908. The third-order valence-corrected chi connectivity index (χ3v) is 0.758. The van der Waals surface area contributed by atoms with Crippen molar-refractivity contribution in [2.45, 2.75) is 6.92 Å². The molecule has 1 aliphatic heterocycles. The fourth-order valence-electron chi connectivity index (χ4n) is 0.378. The zero-order valence-electron chi connectivity index (χ0n) is 6.98. The molecular weight excluding hydrogens is 178 g/mol. The van der Waals surface area contributed by atoms with E-state index in [9.17, 15) is 14.4 Å². The molecule has 0 unspecified atom stereocenters. The molecule has 0 atom stereocenters. The molecule has 0 saturated heterocycles. The minimum atomic E-state index is -0.555. The van der Waals surface area contributed by atoms with E-state index in [1.54, 1.807) is 0 Å². The molecule has 0 saturated carbocycles. The molecule has 6 nitrogen and oxygen atoms in total. The molecule has 1 rings (SSSR count). The van der Waals surface area contributed by atoms with Crippen molar-refractivity contribution < 1.29 is 23.9 Å². The second kappa shape index (κ2) is 5.76. The molecule has 0 aromatic carbocycles. The first kappa shape index (κ1) is 11.2. The summed E-state index contributed by atoms with van der Waals surface area (Å²) >= 11 is 0. The standard InChI is InChI=1S/C5H4O4.C2H5NO/c6-4-1-2-5(7)9-3-8-4;1-2(3)4/h1-2H,3H2;1H3,(H2,3,4). The Morgan fingerprint density at radius 2 is 1.62 bits per heavy atom. The molecule has 1 heterocycles. The predicted molar refractivity (Wildman–Crippen MR) is 41.1 cm³/mol. The van der Waals surface area contributed by atoms with Gasteiger partial charge in [-0.15, -0.1) is 0 Å². The molecule has 6 heteroatoms. The number of primary amides is 1.